The van der Waals surface area contributed by atoms with Gasteiger partial charge in [0.1, 0.15) is 12.4 Å². The van der Waals surface area contributed by atoms with Crippen LogP contribution in [0.15, 0.2) is 48.5 Å². The molecule has 6 heteroatoms. The van der Waals surface area contributed by atoms with Gasteiger partial charge in [0, 0.05) is 12.6 Å². The van der Waals surface area contributed by atoms with E-state index in [0.717, 1.165) is 17.7 Å². The first kappa shape index (κ1) is 17.8. The van der Waals surface area contributed by atoms with Crippen LogP contribution in [0.5, 0.6) is 5.75 Å². The van der Waals surface area contributed by atoms with Gasteiger partial charge in [-0.1, -0.05) is 23.8 Å². The predicted molar refractivity (Wildman–Crippen MR) is 85.1 cm³/mol. The Morgan fingerprint density at radius 3 is 2.42 bits per heavy atom. The van der Waals surface area contributed by atoms with Crippen LogP contribution < -0.4 is 4.74 Å². The van der Waals surface area contributed by atoms with E-state index in [2.05, 4.69) is 0 Å². The lowest BCUT2D eigenvalue weighted by Crippen LogP contribution is -2.31. The summed E-state index contributed by atoms with van der Waals surface area (Å²) in [5.74, 6) is 0.203. The maximum atomic E-state index is 12.7. The smallest absolute Gasteiger partial charge is 0.416 e. The van der Waals surface area contributed by atoms with Crippen molar-refractivity contribution < 1.29 is 22.7 Å². The van der Waals surface area contributed by atoms with Crippen molar-refractivity contribution in [1.82, 2.24) is 4.90 Å². The molecule has 0 radical (unpaired) electrons. The number of alkyl halides is 3. The van der Waals surface area contributed by atoms with Crippen molar-refractivity contribution in [3.8, 4) is 5.75 Å². The van der Waals surface area contributed by atoms with Crippen molar-refractivity contribution in [3.05, 3.63) is 65.2 Å². The average molecular weight is 337 g/mol. The molecule has 0 bridgehead atoms. The van der Waals surface area contributed by atoms with Gasteiger partial charge in [-0.05, 0) is 37.3 Å². The van der Waals surface area contributed by atoms with Crippen LogP contribution in [0.3, 0.4) is 0 Å². The molecule has 0 spiro atoms. The second kappa shape index (κ2) is 7.38. The molecule has 2 rings (SSSR count). The van der Waals surface area contributed by atoms with Crippen LogP contribution in [-0.4, -0.2) is 31.0 Å². The molecule has 1 amide bonds. The SMILES string of the molecule is Cc1ccc(OCCN(C)C(=O)c2cccc(C(F)(F)F)c2)cc1. The van der Waals surface area contributed by atoms with Crippen molar-refractivity contribution in [1.29, 1.82) is 0 Å². The number of hydrogen-bond acceptors (Lipinski definition) is 2. The first-order chi connectivity index (χ1) is 11.3. The van der Waals surface area contributed by atoms with Crippen LogP contribution in [0, 0.1) is 6.92 Å². The van der Waals surface area contributed by atoms with E-state index in [-0.39, 0.29) is 18.7 Å². The molecule has 0 aliphatic carbocycles. The molecule has 24 heavy (non-hydrogen) atoms. The Balaban J connectivity index is 1.93. The highest BCUT2D eigenvalue weighted by Gasteiger charge is 2.31. The fourth-order valence-electron chi connectivity index (χ4n) is 2.09. The molecule has 0 fully saturated rings. The monoisotopic (exact) mass is 337 g/mol. The Bertz CT molecular complexity index is 696. The van der Waals surface area contributed by atoms with Gasteiger partial charge in [0.15, 0.2) is 0 Å². The average Bonchev–Trinajstić information content (AvgIpc) is 2.55. The quantitative estimate of drug-likeness (QED) is 0.820. The number of benzene rings is 2. The molecule has 0 atom stereocenters. The maximum Gasteiger partial charge on any atom is 0.416 e. The minimum atomic E-state index is -4.47. The molecule has 0 unspecified atom stereocenters. The minimum absolute atomic E-state index is 0.00246. The zero-order valence-electron chi connectivity index (χ0n) is 13.4. The normalized spacial score (nSPS) is 11.2. The lowest BCUT2D eigenvalue weighted by Gasteiger charge is -2.18. The number of aryl methyl sites for hydroxylation is 1. The first-order valence-corrected chi connectivity index (χ1v) is 7.39. The third kappa shape index (κ3) is 4.75. The van der Waals surface area contributed by atoms with Gasteiger partial charge in [0.2, 0.25) is 0 Å². The molecule has 0 aliphatic rings. The lowest BCUT2D eigenvalue weighted by molar-refractivity contribution is -0.137. The fraction of sp³-hybridized carbons (Fsp3) is 0.278. The van der Waals surface area contributed by atoms with E-state index in [1.807, 2.05) is 31.2 Å². The summed E-state index contributed by atoms with van der Waals surface area (Å²) in [7, 11) is 1.53. The van der Waals surface area contributed by atoms with Crippen LogP contribution in [0.25, 0.3) is 0 Å². The number of ether oxygens (including phenoxy) is 1. The molecule has 0 saturated carbocycles. The maximum absolute atomic E-state index is 12.7. The third-order valence-corrected chi connectivity index (χ3v) is 3.50. The van der Waals surface area contributed by atoms with Gasteiger partial charge in [0.25, 0.3) is 5.91 Å². The van der Waals surface area contributed by atoms with Crippen molar-refractivity contribution in [2.75, 3.05) is 20.2 Å². The van der Waals surface area contributed by atoms with Gasteiger partial charge in [-0.2, -0.15) is 13.2 Å². The number of carbonyl (C=O) groups is 1. The number of halogens is 3. The van der Waals surface area contributed by atoms with Crippen molar-refractivity contribution >= 4 is 5.91 Å². The van der Waals surface area contributed by atoms with Crippen LogP contribution in [0.2, 0.25) is 0 Å². The summed E-state index contributed by atoms with van der Waals surface area (Å²) in [6.07, 6.45) is -4.47. The molecule has 2 aromatic rings. The van der Waals surface area contributed by atoms with E-state index < -0.39 is 17.6 Å². The zero-order chi connectivity index (χ0) is 17.7. The zero-order valence-corrected chi connectivity index (χ0v) is 13.4. The van der Waals surface area contributed by atoms with Crippen molar-refractivity contribution in [2.24, 2.45) is 0 Å². The Morgan fingerprint density at radius 2 is 1.79 bits per heavy atom. The number of nitrogens with zero attached hydrogens (tertiary/aromatic N) is 1. The highest BCUT2D eigenvalue weighted by atomic mass is 19.4. The summed E-state index contributed by atoms with van der Waals surface area (Å²) in [6, 6.07) is 11.9. The van der Waals surface area contributed by atoms with Gasteiger partial charge in [0.05, 0.1) is 12.1 Å². The topological polar surface area (TPSA) is 29.5 Å². The summed E-state index contributed by atoms with van der Waals surface area (Å²) in [4.78, 5) is 13.6. The van der Waals surface area contributed by atoms with Crippen LogP contribution in [-0.2, 0) is 6.18 Å². The molecule has 0 aliphatic heterocycles. The summed E-state index contributed by atoms with van der Waals surface area (Å²) in [5.41, 5.74) is 0.277. The predicted octanol–water partition coefficient (Wildman–Crippen LogP) is 4.16. The van der Waals surface area contributed by atoms with Gasteiger partial charge >= 0.3 is 6.18 Å². The highest BCUT2D eigenvalue weighted by Crippen LogP contribution is 2.29. The number of carbonyl (C=O) groups excluding carboxylic acids is 1. The van der Waals surface area contributed by atoms with E-state index >= 15 is 0 Å². The van der Waals surface area contributed by atoms with Crippen LogP contribution in [0.1, 0.15) is 21.5 Å². The second-order valence-electron chi connectivity index (χ2n) is 5.47. The third-order valence-electron chi connectivity index (χ3n) is 3.50. The fourth-order valence-corrected chi connectivity index (χ4v) is 2.09. The second-order valence-corrected chi connectivity index (χ2v) is 5.47. The first-order valence-electron chi connectivity index (χ1n) is 7.39. The van der Waals surface area contributed by atoms with E-state index in [1.165, 1.54) is 24.1 Å². The summed E-state index contributed by atoms with van der Waals surface area (Å²) in [6.45, 7) is 2.48. The van der Waals surface area contributed by atoms with Crippen LogP contribution >= 0.6 is 0 Å². The van der Waals surface area contributed by atoms with Crippen molar-refractivity contribution in [2.45, 2.75) is 13.1 Å². The minimum Gasteiger partial charge on any atom is -0.492 e. The molecule has 0 heterocycles. The number of hydrogen-bond donors (Lipinski definition) is 0. The molecule has 3 nitrogen and oxygen atoms in total. The van der Waals surface area contributed by atoms with Gasteiger partial charge in [-0.25, -0.2) is 0 Å². The van der Waals surface area contributed by atoms with Gasteiger partial charge in [-0.15, -0.1) is 0 Å². The lowest BCUT2D eigenvalue weighted by atomic mass is 10.1. The standard InChI is InChI=1S/C18H18F3NO2/c1-13-6-8-16(9-7-13)24-11-10-22(2)17(23)14-4-3-5-15(12-14)18(19,20)21/h3-9,12H,10-11H2,1-2H3. The van der Waals surface area contributed by atoms with Gasteiger partial charge < -0.3 is 9.64 Å². The van der Waals surface area contributed by atoms with Crippen LogP contribution in [0.4, 0.5) is 13.2 Å². The Kier molecular flexibility index (Phi) is 5.49. The molecular weight excluding hydrogens is 319 g/mol. The number of rotatable bonds is 5. The molecule has 0 saturated heterocycles. The summed E-state index contributed by atoms with van der Waals surface area (Å²) >= 11 is 0. The van der Waals surface area contributed by atoms with Gasteiger partial charge in [-0.3, -0.25) is 4.79 Å². The largest absolute Gasteiger partial charge is 0.492 e. The van der Waals surface area contributed by atoms with E-state index in [9.17, 15) is 18.0 Å². The van der Waals surface area contributed by atoms with E-state index in [1.54, 1.807) is 0 Å². The molecule has 2 aromatic carbocycles. The Hall–Kier alpha value is -2.50. The van der Waals surface area contributed by atoms with Crippen molar-refractivity contribution in [3.63, 3.8) is 0 Å². The molecule has 0 aromatic heterocycles. The summed E-state index contributed by atoms with van der Waals surface area (Å²) < 4.78 is 43.6. The molecule has 0 N–H and O–H groups in total. The molecular formula is C18H18F3NO2. The summed E-state index contributed by atoms with van der Waals surface area (Å²) in [5, 5.41) is 0. The van der Waals surface area contributed by atoms with E-state index in [4.69, 9.17) is 4.74 Å². The molecule has 128 valence electrons. The Morgan fingerprint density at radius 1 is 1.12 bits per heavy atom. The highest BCUT2D eigenvalue weighted by molar-refractivity contribution is 5.94. The van der Waals surface area contributed by atoms with E-state index in [0.29, 0.717) is 5.75 Å². The number of amides is 1. The number of likely N-dealkylation sites (N-methyl/N-ethyl adjacent to an activating group) is 1. The Labute approximate surface area is 138 Å².